The van der Waals surface area contributed by atoms with E-state index in [0.29, 0.717) is 26.1 Å². The molecule has 0 radical (unpaired) electrons. The molecule has 0 saturated carbocycles. The molecule has 2 atom stereocenters. The number of nitrogens with one attached hydrogen (secondary N) is 1. The van der Waals surface area contributed by atoms with E-state index >= 15 is 0 Å². The number of likely N-dealkylation sites (tertiary alicyclic amines) is 1. The summed E-state index contributed by atoms with van der Waals surface area (Å²) >= 11 is 1.69. The molecule has 0 unspecified atom stereocenters. The number of hydrogen-bond donors (Lipinski definition) is 1. The van der Waals surface area contributed by atoms with E-state index in [1.807, 2.05) is 32.5 Å². The highest BCUT2D eigenvalue weighted by Gasteiger charge is 2.33. The summed E-state index contributed by atoms with van der Waals surface area (Å²) in [6.07, 6.45) is 0.339. The Morgan fingerprint density at radius 3 is 2.86 bits per heavy atom. The maximum atomic E-state index is 12.2. The Hall–Kier alpha value is -1.40. The van der Waals surface area contributed by atoms with Crippen LogP contribution in [0.5, 0.6) is 0 Å². The molecule has 0 bridgehead atoms. The van der Waals surface area contributed by atoms with Crippen molar-refractivity contribution in [3.63, 3.8) is 0 Å². The van der Waals surface area contributed by atoms with Crippen LogP contribution in [0.2, 0.25) is 0 Å². The minimum absolute atomic E-state index is 0.0114. The molecular weight excluding hydrogens is 286 g/mol. The SMILES string of the molecule is CCN1C[C@H](C(=O)NC[C@H](c2cccs2)N(C)C)CC1=O. The molecule has 1 N–H and O–H groups in total. The number of rotatable bonds is 6. The second-order valence-corrected chi connectivity index (χ2v) is 6.55. The molecule has 1 aromatic rings. The number of nitrogens with zero attached hydrogens (tertiary/aromatic N) is 2. The Bertz CT molecular complexity index is 487. The fourth-order valence-corrected chi connectivity index (χ4v) is 3.54. The van der Waals surface area contributed by atoms with Crippen molar-refractivity contribution < 1.29 is 9.59 Å². The van der Waals surface area contributed by atoms with Crippen molar-refractivity contribution >= 4 is 23.2 Å². The molecule has 2 heterocycles. The van der Waals surface area contributed by atoms with Crippen molar-refractivity contribution in [3.05, 3.63) is 22.4 Å². The monoisotopic (exact) mass is 309 g/mol. The predicted octanol–water partition coefficient (Wildman–Crippen LogP) is 1.34. The first-order chi connectivity index (χ1) is 10.0. The Kier molecular flexibility index (Phi) is 5.36. The molecule has 2 amide bonds. The summed E-state index contributed by atoms with van der Waals surface area (Å²) < 4.78 is 0. The highest BCUT2D eigenvalue weighted by Crippen LogP contribution is 2.23. The zero-order valence-electron chi connectivity index (χ0n) is 12.8. The topological polar surface area (TPSA) is 52.7 Å². The summed E-state index contributed by atoms with van der Waals surface area (Å²) in [7, 11) is 4.02. The van der Waals surface area contributed by atoms with Crippen LogP contribution in [-0.2, 0) is 9.59 Å². The van der Waals surface area contributed by atoms with Crippen LogP contribution in [0.4, 0.5) is 0 Å². The maximum Gasteiger partial charge on any atom is 0.225 e. The van der Waals surface area contributed by atoms with Gasteiger partial charge in [0.15, 0.2) is 0 Å². The zero-order chi connectivity index (χ0) is 15.4. The molecule has 6 heteroatoms. The lowest BCUT2D eigenvalue weighted by atomic mass is 10.1. The summed E-state index contributed by atoms with van der Waals surface area (Å²) in [5, 5.41) is 5.05. The van der Waals surface area contributed by atoms with Gasteiger partial charge in [0.25, 0.3) is 0 Å². The van der Waals surface area contributed by atoms with E-state index in [4.69, 9.17) is 0 Å². The smallest absolute Gasteiger partial charge is 0.225 e. The second-order valence-electron chi connectivity index (χ2n) is 5.57. The van der Waals surface area contributed by atoms with Crippen molar-refractivity contribution in [2.45, 2.75) is 19.4 Å². The van der Waals surface area contributed by atoms with Crippen LogP contribution in [0.15, 0.2) is 17.5 Å². The number of thiophene rings is 1. The second kappa shape index (κ2) is 7.04. The first-order valence-corrected chi connectivity index (χ1v) is 8.16. The van der Waals surface area contributed by atoms with Gasteiger partial charge >= 0.3 is 0 Å². The molecule has 116 valence electrons. The van der Waals surface area contributed by atoms with Gasteiger partial charge in [0.1, 0.15) is 0 Å². The van der Waals surface area contributed by atoms with E-state index in [1.54, 1.807) is 16.2 Å². The molecule has 2 rings (SSSR count). The highest BCUT2D eigenvalue weighted by molar-refractivity contribution is 7.10. The highest BCUT2D eigenvalue weighted by atomic mass is 32.1. The lowest BCUT2D eigenvalue weighted by Crippen LogP contribution is -2.38. The molecule has 1 fully saturated rings. The van der Waals surface area contributed by atoms with Gasteiger partial charge in [0, 0.05) is 30.9 Å². The van der Waals surface area contributed by atoms with Gasteiger partial charge in [0.05, 0.1) is 12.0 Å². The molecule has 1 aliphatic heterocycles. The summed E-state index contributed by atoms with van der Waals surface area (Å²) in [4.78, 5) is 29.0. The predicted molar refractivity (Wildman–Crippen MR) is 84.1 cm³/mol. The van der Waals surface area contributed by atoms with Gasteiger partial charge in [-0.1, -0.05) is 6.07 Å². The molecule has 0 aliphatic carbocycles. The molecule has 1 aromatic heterocycles. The molecule has 1 aliphatic rings. The standard InChI is InChI=1S/C15H23N3O2S/c1-4-18-10-11(8-14(18)19)15(20)16-9-12(17(2)3)13-6-5-7-21-13/h5-7,11-12H,4,8-10H2,1-3H3,(H,16,20)/t11-,12-/m1/s1. The average Bonchev–Trinajstić information content (AvgIpc) is 3.07. The fraction of sp³-hybridized carbons (Fsp3) is 0.600. The molecule has 5 nitrogen and oxygen atoms in total. The van der Waals surface area contributed by atoms with E-state index in [1.165, 1.54) is 4.88 Å². The van der Waals surface area contributed by atoms with Crippen LogP contribution in [-0.4, -0.2) is 55.3 Å². The Morgan fingerprint density at radius 2 is 2.33 bits per heavy atom. The summed E-state index contributed by atoms with van der Waals surface area (Å²) in [5.41, 5.74) is 0. The van der Waals surface area contributed by atoms with Crippen molar-refractivity contribution in [2.75, 3.05) is 33.7 Å². The Labute approximate surface area is 129 Å². The number of carbonyl (C=O) groups is 2. The number of carbonyl (C=O) groups excluding carboxylic acids is 2. The van der Waals surface area contributed by atoms with E-state index in [0.717, 1.165) is 0 Å². The van der Waals surface area contributed by atoms with Crippen LogP contribution < -0.4 is 5.32 Å². The van der Waals surface area contributed by atoms with Gasteiger partial charge in [0.2, 0.25) is 11.8 Å². The van der Waals surface area contributed by atoms with Gasteiger partial charge in [-0.2, -0.15) is 0 Å². The van der Waals surface area contributed by atoms with Gasteiger partial charge in [-0.15, -0.1) is 11.3 Å². The third-order valence-electron chi connectivity index (χ3n) is 3.93. The van der Waals surface area contributed by atoms with Gasteiger partial charge < -0.3 is 15.1 Å². The van der Waals surface area contributed by atoms with Crippen LogP contribution in [0.3, 0.4) is 0 Å². The third-order valence-corrected chi connectivity index (χ3v) is 4.91. The fourth-order valence-electron chi connectivity index (χ4n) is 2.61. The van der Waals surface area contributed by atoms with Crippen molar-refractivity contribution in [2.24, 2.45) is 5.92 Å². The first-order valence-electron chi connectivity index (χ1n) is 7.28. The van der Waals surface area contributed by atoms with Crippen LogP contribution >= 0.6 is 11.3 Å². The molecule has 1 saturated heterocycles. The van der Waals surface area contributed by atoms with Gasteiger partial charge in [-0.05, 0) is 32.5 Å². The molecule has 0 aromatic carbocycles. The number of likely N-dealkylation sites (N-methyl/N-ethyl adjacent to an activating group) is 1. The molecular formula is C15H23N3O2S. The lowest BCUT2D eigenvalue weighted by molar-refractivity contribution is -0.128. The van der Waals surface area contributed by atoms with E-state index in [9.17, 15) is 9.59 Å². The summed E-state index contributed by atoms with van der Waals surface area (Å²) in [5.74, 6) is -0.133. The van der Waals surface area contributed by atoms with E-state index in [-0.39, 0.29) is 23.8 Å². The number of amides is 2. The largest absolute Gasteiger partial charge is 0.354 e. The summed E-state index contributed by atoms with van der Waals surface area (Å²) in [6.45, 7) is 3.74. The summed E-state index contributed by atoms with van der Waals surface area (Å²) in [6, 6.07) is 4.28. The van der Waals surface area contributed by atoms with Crippen LogP contribution in [0.25, 0.3) is 0 Å². The van der Waals surface area contributed by atoms with Crippen molar-refractivity contribution in [1.82, 2.24) is 15.1 Å². The van der Waals surface area contributed by atoms with Crippen LogP contribution in [0.1, 0.15) is 24.3 Å². The average molecular weight is 309 g/mol. The Balaban J connectivity index is 1.90. The zero-order valence-corrected chi connectivity index (χ0v) is 13.7. The van der Waals surface area contributed by atoms with Gasteiger partial charge in [-0.25, -0.2) is 0 Å². The quantitative estimate of drug-likeness (QED) is 0.863. The van der Waals surface area contributed by atoms with E-state index < -0.39 is 0 Å². The minimum Gasteiger partial charge on any atom is -0.354 e. The van der Waals surface area contributed by atoms with Crippen LogP contribution in [0, 0.1) is 5.92 Å². The molecule has 0 spiro atoms. The van der Waals surface area contributed by atoms with Crippen molar-refractivity contribution in [1.29, 1.82) is 0 Å². The van der Waals surface area contributed by atoms with E-state index in [2.05, 4.69) is 16.3 Å². The molecule has 21 heavy (non-hydrogen) atoms. The maximum absolute atomic E-state index is 12.2. The lowest BCUT2D eigenvalue weighted by Gasteiger charge is -2.24. The van der Waals surface area contributed by atoms with Gasteiger partial charge in [-0.3, -0.25) is 9.59 Å². The Morgan fingerprint density at radius 1 is 1.57 bits per heavy atom. The third kappa shape index (κ3) is 3.83. The van der Waals surface area contributed by atoms with Crippen molar-refractivity contribution in [3.8, 4) is 0 Å². The number of hydrogen-bond acceptors (Lipinski definition) is 4. The first kappa shape index (κ1) is 16.0. The minimum atomic E-state index is -0.205. The normalized spacial score (nSPS) is 20.1.